The highest BCUT2D eigenvalue weighted by molar-refractivity contribution is 6.03. The van der Waals surface area contributed by atoms with Gasteiger partial charge in [-0.05, 0) is 12.5 Å². The highest BCUT2D eigenvalue weighted by atomic mass is 16.6. The molecule has 2 saturated carbocycles. The highest BCUT2D eigenvalue weighted by Crippen LogP contribution is 2.61. The summed E-state index contributed by atoms with van der Waals surface area (Å²) < 4.78 is 141. The summed E-state index contributed by atoms with van der Waals surface area (Å²) >= 11 is 0. The van der Waals surface area contributed by atoms with Gasteiger partial charge < -0.3 is 118 Å². The van der Waals surface area contributed by atoms with Gasteiger partial charge in [0, 0.05) is 169 Å². The van der Waals surface area contributed by atoms with Crippen molar-refractivity contribution in [1.29, 1.82) is 0 Å². The van der Waals surface area contributed by atoms with Gasteiger partial charge >= 0.3 is 0 Å². The number of ether oxygens (including phenoxy) is 25. The molecule has 18 aliphatic carbocycles. The van der Waals surface area contributed by atoms with Crippen LogP contribution in [-0.2, 0) is 128 Å². The Labute approximate surface area is 784 Å². The number of ketones is 2. The average Bonchev–Trinajstić information content (AvgIpc) is 1.53. The first-order valence-corrected chi connectivity index (χ1v) is 47.5. The Bertz CT molecular complexity index is 6020. The lowest BCUT2D eigenvalue weighted by atomic mass is 9.92. The monoisotopic (exact) mass is 1840 g/mol. The molecule has 0 aromatic carbocycles. The van der Waals surface area contributed by atoms with E-state index >= 15 is 0 Å². The SMILES string of the molecule is CCCCOC1=C=C1C1=C=C1C1=C=C1C1=C=C1C1=C=C1C1=C=C1C(C=C(OCCOCCOCCOCCOCCOCCOCCOCCOCCOCCOCCOCCOCCOCCOCCOCCOCCOCCOCCOCCOCCOCCOCC1CO1)C1=C=C1C1=C=C1C1=C=C1C1=C=C1C1=C=C1C1CC1=O)C1=C=C1C1=C=C1C1=C=C1C1=C=C1C1=C=C1C1CC1=O. The van der Waals surface area contributed by atoms with Gasteiger partial charge in [-0.1, -0.05) is 82.1 Å². The van der Waals surface area contributed by atoms with Crippen molar-refractivity contribution in [3.05, 3.63) is 282 Å². The summed E-state index contributed by atoms with van der Waals surface area (Å²) in [7, 11) is 0. The third-order valence-electron chi connectivity index (χ3n) is 23.2. The molecule has 27 nitrogen and oxygen atoms in total. The maximum absolute atomic E-state index is 11.8. The van der Waals surface area contributed by atoms with E-state index in [4.69, 9.17) is 118 Å². The zero-order valence-corrected chi connectivity index (χ0v) is 76.5. The summed E-state index contributed by atoms with van der Waals surface area (Å²) in [6.45, 7) is 24.8. The quantitative estimate of drug-likeness (QED) is 0.0237. The van der Waals surface area contributed by atoms with Crippen LogP contribution in [0.25, 0.3) is 0 Å². The van der Waals surface area contributed by atoms with E-state index in [2.05, 4.69) is 105 Å². The zero-order valence-electron chi connectivity index (χ0n) is 76.5. The van der Waals surface area contributed by atoms with Gasteiger partial charge in [0.1, 0.15) is 30.0 Å². The van der Waals surface area contributed by atoms with Crippen LogP contribution in [0.5, 0.6) is 0 Å². The van der Waals surface area contributed by atoms with Crippen LogP contribution in [0, 0.1) is 17.8 Å². The average molecular weight is 1840 g/mol. The standard InChI is InChI=1S/C108H110O27/c1-2-3-4-133-108-67-104(108)98-62-93(98)86-56-81(86)74-50-72(74)76-53-83(76)89-59-95(89)100(94-58-88(94)82-52-75(82)71-49-73(71)78-54-84(78)90-60-96(90)101-64-105(101)109)66-107(103-63-99(103)92-57-87(92)80-51-77(80)79-55-85(79)91-61-97(91)102-65-106(102)110)134-48-47-131-44-43-129-40-39-127-36-35-125-32-31-123-28-27-121-24-23-119-20-19-117-16-15-115-12-11-113-8-7-111-5-6-112-9-10-114-13-14-116-17-18-118-21-22-120-25-26-122-29-30-124-33-34-126-37-38-128-41-42-130-45-46-132-68-70-69-135-70/h66,70,100-102H,2-48,64-65,68-69H2,1H3. The van der Waals surface area contributed by atoms with Crippen molar-refractivity contribution in [2.45, 2.75) is 38.7 Å². The predicted octanol–water partition coefficient (Wildman–Crippen LogP) is 9.66. The normalized spacial score (nSPS) is 20.3. The van der Waals surface area contributed by atoms with Crippen molar-refractivity contribution in [2.75, 3.05) is 311 Å². The number of Topliss-reactive ketones (excluding diaryl/α,β-unsaturated/α-hetero) is 2. The molecule has 0 N–H and O–H groups in total. The predicted molar refractivity (Wildman–Crippen MR) is 481 cm³/mol. The topological polar surface area (TPSA) is 268 Å². The molecule has 0 radical (unpaired) electrons. The number of hydrogen-bond acceptors (Lipinski definition) is 27. The van der Waals surface area contributed by atoms with Gasteiger partial charge in [0.2, 0.25) is 0 Å². The number of allylic oxidation sites excluding steroid dienone is 15. The molecule has 0 amide bonds. The van der Waals surface area contributed by atoms with Gasteiger partial charge in [0.25, 0.3) is 0 Å². The van der Waals surface area contributed by atoms with E-state index in [1.807, 2.05) is 0 Å². The summed E-state index contributed by atoms with van der Waals surface area (Å²) in [5.74, 6) is 1.99. The first-order valence-electron chi connectivity index (χ1n) is 47.5. The third-order valence-corrected chi connectivity index (χ3v) is 23.2. The molecule has 0 aromatic heterocycles. The van der Waals surface area contributed by atoms with Crippen molar-refractivity contribution >= 4 is 11.6 Å². The maximum Gasteiger partial charge on any atom is 0.179 e. The Hall–Kier alpha value is -9.92. The van der Waals surface area contributed by atoms with Crippen molar-refractivity contribution in [1.82, 2.24) is 0 Å². The summed E-state index contributed by atoms with van der Waals surface area (Å²) in [6, 6.07) is 0. The van der Waals surface area contributed by atoms with Crippen LogP contribution in [0.2, 0.25) is 0 Å². The molecule has 135 heavy (non-hydrogen) atoms. The van der Waals surface area contributed by atoms with Crippen LogP contribution in [0.3, 0.4) is 0 Å². The molecule has 4 atom stereocenters. The summed E-state index contributed by atoms with van der Waals surface area (Å²) in [5.41, 5.74) is 88.5. The van der Waals surface area contributed by atoms with Gasteiger partial charge in [-0.2, -0.15) is 0 Å². The second-order valence-electron chi connectivity index (χ2n) is 33.5. The van der Waals surface area contributed by atoms with E-state index in [1.165, 1.54) is 0 Å². The summed E-state index contributed by atoms with van der Waals surface area (Å²) in [6.07, 6.45) is 5.82. The molecule has 19 rings (SSSR count). The molecular weight excluding hydrogens is 1730 g/mol. The van der Waals surface area contributed by atoms with Crippen molar-refractivity contribution < 1.29 is 128 Å². The van der Waals surface area contributed by atoms with E-state index in [0.29, 0.717) is 327 Å². The van der Waals surface area contributed by atoms with E-state index in [0.717, 1.165) is 198 Å². The Kier molecular flexibility index (Phi) is 32.7. The van der Waals surface area contributed by atoms with Crippen LogP contribution in [0.15, 0.2) is 282 Å². The fourth-order valence-corrected chi connectivity index (χ4v) is 14.7. The van der Waals surface area contributed by atoms with Crippen LogP contribution >= 0.6 is 0 Å². The van der Waals surface area contributed by atoms with E-state index in [1.54, 1.807) is 0 Å². The molecule has 0 bridgehead atoms. The first kappa shape index (κ1) is 94.1. The minimum absolute atomic E-state index is 0.0360. The summed E-state index contributed by atoms with van der Waals surface area (Å²) in [5, 5.41) is 0. The minimum atomic E-state index is -0.224. The number of unbranched alkanes of at least 4 members (excludes halogenated alkanes) is 1. The molecule has 704 valence electrons. The van der Waals surface area contributed by atoms with Crippen LogP contribution < -0.4 is 0 Å². The smallest absolute Gasteiger partial charge is 0.179 e. The molecule has 1 heterocycles. The molecular formula is C108H110O27. The second kappa shape index (κ2) is 47.0. The van der Waals surface area contributed by atoms with E-state index in [9.17, 15) is 9.59 Å². The third kappa shape index (κ3) is 28.9. The Balaban J connectivity index is 0.297. The molecule has 4 unspecified atom stereocenters. The van der Waals surface area contributed by atoms with Gasteiger partial charge in [0.15, 0.2) is 5.76 Å². The Morgan fingerprint density at radius 3 is 0.748 bits per heavy atom. The molecule has 0 spiro atoms. The second-order valence-corrected chi connectivity index (χ2v) is 33.5. The van der Waals surface area contributed by atoms with Gasteiger partial charge in [-0.25, -0.2) is 0 Å². The number of carbonyl (C=O) groups is 2. The van der Waals surface area contributed by atoms with E-state index in [-0.39, 0.29) is 30.5 Å². The van der Waals surface area contributed by atoms with Crippen molar-refractivity contribution in [2.24, 2.45) is 17.8 Å². The number of rotatable bonds is 92. The molecule has 19 aliphatic rings. The number of carbonyl (C=O) groups excluding carboxylic acids is 2. The minimum Gasteiger partial charge on any atom is -0.490 e. The molecule has 3 fully saturated rings. The maximum atomic E-state index is 11.8. The largest absolute Gasteiger partial charge is 0.490 e. The fourth-order valence-electron chi connectivity index (χ4n) is 14.7. The first-order chi connectivity index (χ1) is 66.9. The Morgan fingerprint density at radius 1 is 0.267 bits per heavy atom. The van der Waals surface area contributed by atoms with Gasteiger partial charge in [-0.3, -0.25) is 9.59 Å². The van der Waals surface area contributed by atoms with Crippen molar-refractivity contribution in [3.63, 3.8) is 0 Å². The van der Waals surface area contributed by atoms with E-state index < -0.39 is 0 Å². The molecule has 1 aliphatic heterocycles. The molecule has 1 saturated heterocycles. The number of epoxide rings is 1. The lowest BCUT2D eigenvalue weighted by Crippen LogP contribution is -2.16. The molecule has 27 heteroatoms. The van der Waals surface area contributed by atoms with Crippen LogP contribution in [-0.4, -0.2) is 328 Å². The van der Waals surface area contributed by atoms with Crippen LogP contribution in [0.4, 0.5) is 0 Å². The molecule has 0 aromatic rings. The van der Waals surface area contributed by atoms with Gasteiger partial charge in [-0.15, -0.1) is 22.9 Å². The zero-order chi connectivity index (χ0) is 91.3. The summed E-state index contributed by atoms with van der Waals surface area (Å²) in [4.78, 5) is 23.7. The Morgan fingerprint density at radius 2 is 0.496 bits per heavy atom. The van der Waals surface area contributed by atoms with Gasteiger partial charge in [0.05, 0.1) is 338 Å². The lowest BCUT2D eigenvalue weighted by molar-refractivity contribution is -0.111. The highest BCUT2D eigenvalue weighted by Gasteiger charge is 2.51. The van der Waals surface area contributed by atoms with Crippen molar-refractivity contribution in [3.8, 4) is 0 Å². The van der Waals surface area contributed by atoms with Crippen LogP contribution in [0.1, 0.15) is 32.6 Å². The fraction of sp³-hybridized carbons (Fsp3) is 0.519. The number of hydrogen-bond donors (Lipinski definition) is 0. The lowest BCUT2D eigenvalue weighted by Gasteiger charge is -2.13.